The predicted octanol–water partition coefficient (Wildman–Crippen LogP) is 3.70. The lowest BCUT2D eigenvalue weighted by Crippen LogP contribution is -2.53. The lowest BCUT2D eigenvalue weighted by atomic mass is 9.94. The first-order chi connectivity index (χ1) is 15.7. The molecule has 2 aromatic rings. The van der Waals surface area contributed by atoms with Crippen molar-refractivity contribution in [3.05, 3.63) is 38.9 Å². The highest BCUT2D eigenvalue weighted by Gasteiger charge is 2.42. The number of nitrogens with zero attached hydrogens (tertiary/aromatic N) is 4. The lowest BCUT2D eigenvalue weighted by Gasteiger charge is -2.38. The van der Waals surface area contributed by atoms with E-state index in [0.717, 1.165) is 52.2 Å². The second-order valence-corrected chi connectivity index (χ2v) is 12.0. The van der Waals surface area contributed by atoms with E-state index in [1.54, 1.807) is 6.33 Å². The van der Waals surface area contributed by atoms with Crippen LogP contribution in [-0.4, -0.2) is 63.6 Å². The molecule has 2 unspecified atom stereocenters. The molecule has 2 N–H and O–H groups in total. The highest BCUT2D eigenvalue weighted by Crippen LogP contribution is 2.43. The maximum Gasteiger partial charge on any atom is 0.232 e. The molecule has 7 nitrogen and oxygen atoms in total. The minimum Gasteiger partial charge on any atom is -0.387 e. The molecule has 9 heteroatoms. The minimum atomic E-state index is -0.513. The standard InChI is InChI=1S/C24H32ClN5O2S/c1-14-12-16(31)21-19(14)22(27-13-26-21)29-8-10-30(11-9-29)23(32)20(17-4-5-18(25)33-17)15-6-7-24(2,3)28-15/h4-5,13-16,20,28,31H,6-12H2,1-3H3/t14-,15?,16-,20?/m1/s1. The number of nitrogens with one attached hydrogen (secondary N) is 1. The number of piperazine rings is 1. The zero-order valence-corrected chi connectivity index (χ0v) is 21.0. The molecule has 0 bridgehead atoms. The molecule has 0 aromatic carbocycles. The third-order valence-electron chi connectivity index (χ3n) is 7.40. The van der Waals surface area contributed by atoms with E-state index >= 15 is 0 Å². The Labute approximate surface area is 204 Å². The number of carbonyl (C=O) groups excluding carboxylic acids is 1. The largest absolute Gasteiger partial charge is 0.387 e. The van der Waals surface area contributed by atoms with Gasteiger partial charge < -0.3 is 20.2 Å². The summed E-state index contributed by atoms with van der Waals surface area (Å²) in [5.74, 6) is 1.11. The van der Waals surface area contributed by atoms with Gasteiger partial charge in [0.05, 0.1) is 22.1 Å². The van der Waals surface area contributed by atoms with Crippen molar-refractivity contribution < 1.29 is 9.90 Å². The Bertz CT molecular complexity index is 1040. The SMILES string of the molecule is C[C@@H]1C[C@@H](O)c2ncnc(N3CCN(C(=O)C(c4ccc(Cl)s4)C4CCC(C)(C)N4)CC3)c21. The quantitative estimate of drug-likeness (QED) is 0.681. The van der Waals surface area contributed by atoms with Gasteiger partial charge in [-0.2, -0.15) is 0 Å². The number of halogens is 1. The maximum atomic E-state index is 13.8. The molecule has 178 valence electrons. The van der Waals surface area contributed by atoms with Crippen LogP contribution < -0.4 is 10.2 Å². The van der Waals surface area contributed by atoms with Gasteiger partial charge in [0, 0.05) is 48.2 Å². The van der Waals surface area contributed by atoms with Gasteiger partial charge in [-0.3, -0.25) is 4.79 Å². The zero-order chi connectivity index (χ0) is 23.3. The molecule has 0 spiro atoms. The number of aliphatic hydroxyl groups excluding tert-OH is 1. The molecule has 0 radical (unpaired) electrons. The van der Waals surface area contributed by atoms with Crippen LogP contribution in [-0.2, 0) is 4.79 Å². The van der Waals surface area contributed by atoms with Crippen molar-refractivity contribution in [1.82, 2.24) is 20.2 Å². The van der Waals surface area contributed by atoms with Crippen LogP contribution in [0.2, 0.25) is 4.34 Å². The first-order valence-corrected chi connectivity index (χ1v) is 13.0. The summed E-state index contributed by atoms with van der Waals surface area (Å²) >= 11 is 7.76. The number of amides is 1. The fourth-order valence-electron chi connectivity index (χ4n) is 5.69. The van der Waals surface area contributed by atoms with Gasteiger partial charge in [-0.15, -0.1) is 11.3 Å². The molecule has 1 aliphatic carbocycles. The third-order valence-corrected chi connectivity index (χ3v) is 8.71. The van der Waals surface area contributed by atoms with Gasteiger partial charge >= 0.3 is 0 Å². The number of hydrogen-bond acceptors (Lipinski definition) is 7. The monoisotopic (exact) mass is 489 g/mol. The van der Waals surface area contributed by atoms with Crippen molar-refractivity contribution >= 4 is 34.7 Å². The number of aromatic nitrogens is 2. The summed E-state index contributed by atoms with van der Waals surface area (Å²) in [4.78, 5) is 28.0. The summed E-state index contributed by atoms with van der Waals surface area (Å²) < 4.78 is 0.721. The topological polar surface area (TPSA) is 81.6 Å². The number of thiophene rings is 1. The van der Waals surface area contributed by atoms with Crippen molar-refractivity contribution in [1.29, 1.82) is 0 Å². The number of hydrogen-bond donors (Lipinski definition) is 2. The fourth-order valence-corrected chi connectivity index (χ4v) is 6.91. The Morgan fingerprint density at radius 2 is 2.03 bits per heavy atom. The number of rotatable bonds is 4. The van der Waals surface area contributed by atoms with Gasteiger partial charge in [0.15, 0.2) is 0 Å². The van der Waals surface area contributed by atoms with Crippen LogP contribution in [0.25, 0.3) is 0 Å². The summed E-state index contributed by atoms with van der Waals surface area (Å²) in [6.07, 6.45) is 3.76. The Hall–Kier alpha value is -1.74. The van der Waals surface area contributed by atoms with Crippen molar-refractivity contribution in [3.8, 4) is 0 Å². The van der Waals surface area contributed by atoms with Gasteiger partial charge in [-0.25, -0.2) is 9.97 Å². The van der Waals surface area contributed by atoms with E-state index in [-0.39, 0.29) is 29.3 Å². The Morgan fingerprint density at radius 3 is 2.67 bits per heavy atom. The van der Waals surface area contributed by atoms with Gasteiger partial charge in [0.1, 0.15) is 12.1 Å². The first-order valence-electron chi connectivity index (χ1n) is 11.8. The first kappa shape index (κ1) is 23.0. The lowest BCUT2D eigenvalue weighted by molar-refractivity contribution is -0.133. The van der Waals surface area contributed by atoms with Crippen LogP contribution in [0.4, 0.5) is 5.82 Å². The van der Waals surface area contributed by atoms with E-state index in [2.05, 4.69) is 41.0 Å². The average molecular weight is 490 g/mol. The van der Waals surface area contributed by atoms with Crippen LogP contribution in [0.15, 0.2) is 18.5 Å². The van der Waals surface area contributed by atoms with E-state index in [9.17, 15) is 9.90 Å². The summed E-state index contributed by atoms with van der Waals surface area (Å²) in [6.45, 7) is 9.27. The maximum absolute atomic E-state index is 13.8. The van der Waals surface area contributed by atoms with Crippen LogP contribution in [0, 0.1) is 0 Å². The second kappa shape index (κ2) is 8.80. The number of carbonyl (C=O) groups is 1. The predicted molar refractivity (Wildman–Crippen MR) is 131 cm³/mol. The molecule has 5 rings (SSSR count). The Balaban J connectivity index is 1.33. The molecular weight excluding hydrogens is 458 g/mol. The fraction of sp³-hybridized carbons (Fsp3) is 0.625. The van der Waals surface area contributed by atoms with E-state index in [4.69, 9.17) is 11.6 Å². The van der Waals surface area contributed by atoms with Crippen molar-refractivity contribution in [2.45, 2.75) is 69.6 Å². The molecular formula is C24H32ClN5O2S. The third kappa shape index (κ3) is 4.38. The highest BCUT2D eigenvalue weighted by molar-refractivity contribution is 7.16. The minimum absolute atomic E-state index is 0.0393. The van der Waals surface area contributed by atoms with E-state index in [0.29, 0.717) is 19.5 Å². The van der Waals surface area contributed by atoms with Crippen molar-refractivity contribution in [2.24, 2.45) is 0 Å². The van der Waals surface area contributed by atoms with Crippen molar-refractivity contribution in [2.75, 3.05) is 31.1 Å². The molecule has 0 saturated carbocycles. The van der Waals surface area contributed by atoms with Crippen LogP contribution in [0.3, 0.4) is 0 Å². The second-order valence-electron chi connectivity index (χ2n) is 10.3. The van der Waals surface area contributed by atoms with Crippen LogP contribution in [0.1, 0.15) is 74.1 Å². The summed E-state index contributed by atoms with van der Waals surface area (Å²) in [7, 11) is 0. The molecule has 2 saturated heterocycles. The molecule has 2 fully saturated rings. The van der Waals surface area contributed by atoms with E-state index < -0.39 is 6.10 Å². The summed E-state index contributed by atoms with van der Waals surface area (Å²) in [5.41, 5.74) is 1.86. The molecule has 4 heterocycles. The molecule has 1 amide bonds. The normalized spacial score (nSPS) is 27.6. The number of anilines is 1. The average Bonchev–Trinajstić information content (AvgIpc) is 3.46. The Kier molecular flexibility index (Phi) is 6.14. The smallest absolute Gasteiger partial charge is 0.232 e. The van der Waals surface area contributed by atoms with E-state index in [1.165, 1.54) is 11.3 Å². The van der Waals surface area contributed by atoms with Crippen LogP contribution >= 0.6 is 22.9 Å². The van der Waals surface area contributed by atoms with Crippen LogP contribution in [0.5, 0.6) is 0 Å². The Morgan fingerprint density at radius 1 is 1.27 bits per heavy atom. The van der Waals surface area contributed by atoms with Crippen molar-refractivity contribution in [3.63, 3.8) is 0 Å². The number of fused-ring (bicyclic) bond motifs is 1. The molecule has 2 aliphatic heterocycles. The summed E-state index contributed by atoms with van der Waals surface area (Å²) in [6, 6.07) is 4.02. The van der Waals surface area contributed by atoms with Gasteiger partial charge in [0.25, 0.3) is 0 Å². The zero-order valence-electron chi connectivity index (χ0n) is 19.4. The van der Waals surface area contributed by atoms with Gasteiger partial charge in [0.2, 0.25) is 5.91 Å². The van der Waals surface area contributed by atoms with E-state index in [1.807, 2.05) is 17.0 Å². The molecule has 4 atom stereocenters. The number of aliphatic hydroxyl groups is 1. The van der Waals surface area contributed by atoms with Gasteiger partial charge in [-0.1, -0.05) is 18.5 Å². The molecule has 2 aromatic heterocycles. The molecule has 33 heavy (non-hydrogen) atoms. The highest BCUT2D eigenvalue weighted by atomic mass is 35.5. The van der Waals surface area contributed by atoms with Gasteiger partial charge in [-0.05, 0) is 51.2 Å². The molecule has 3 aliphatic rings. The summed E-state index contributed by atoms with van der Waals surface area (Å²) in [5, 5.41) is 14.0.